The third kappa shape index (κ3) is 3.80. The number of methoxy groups -OCH3 is 1. The van der Waals surface area contributed by atoms with Gasteiger partial charge in [0, 0.05) is 20.7 Å². The molecule has 6 heteroatoms. The predicted octanol–water partition coefficient (Wildman–Crippen LogP) is 2.61. The van der Waals surface area contributed by atoms with Crippen molar-refractivity contribution in [1.29, 1.82) is 0 Å². The Morgan fingerprint density at radius 3 is 2.60 bits per heavy atom. The number of fused-ring (bicyclic) bond motifs is 1. The molecule has 25 heavy (non-hydrogen) atoms. The van der Waals surface area contributed by atoms with E-state index in [0.29, 0.717) is 13.2 Å². The first-order chi connectivity index (χ1) is 12.2. The molecule has 0 saturated carbocycles. The van der Waals surface area contributed by atoms with E-state index < -0.39 is 0 Å². The highest BCUT2D eigenvalue weighted by atomic mass is 16.5. The van der Waals surface area contributed by atoms with Gasteiger partial charge >= 0.3 is 6.03 Å². The fourth-order valence-electron chi connectivity index (χ4n) is 2.81. The lowest BCUT2D eigenvalue weighted by atomic mass is 10.1. The molecule has 0 fully saturated rings. The molecule has 0 bridgehead atoms. The minimum atomic E-state index is -0.346. The van der Waals surface area contributed by atoms with Crippen LogP contribution in [0, 0.1) is 0 Å². The summed E-state index contributed by atoms with van der Waals surface area (Å²) in [6.07, 6.45) is 0. The van der Waals surface area contributed by atoms with Crippen LogP contribution in [0.25, 0.3) is 11.0 Å². The number of rotatable bonds is 6. The zero-order valence-electron chi connectivity index (χ0n) is 14.4. The zero-order valence-corrected chi connectivity index (χ0v) is 14.4. The van der Waals surface area contributed by atoms with Crippen LogP contribution in [0.1, 0.15) is 17.4 Å². The van der Waals surface area contributed by atoms with Crippen molar-refractivity contribution >= 4 is 17.1 Å². The molecule has 1 unspecified atom stereocenters. The quantitative estimate of drug-likeness (QED) is 0.679. The maximum Gasteiger partial charge on any atom is 0.315 e. The number of carbonyl (C=O) groups excluding carboxylic acids is 1. The van der Waals surface area contributed by atoms with Crippen LogP contribution in [-0.4, -0.2) is 35.8 Å². The number of hydrogen-bond acceptors (Lipinski definition) is 3. The number of aryl methyl sites for hydroxylation is 1. The highest BCUT2D eigenvalue weighted by Gasteiger charge is 2.22. The summed E-state index contributed by atoms with van der Waals surface area (Å²) in [5.41, 5.74) is 2.91. The molecule has 0 aliphatic heterocycles. The third-order valence-corrected chi connectivity index (χ3v) is 4.08. The van der Waals surface area contributed by atoms with Gasteiger partial charge in [-0.05, 0) is 17.7 Å². The molecule has 0 aliphatic carbocycles. The molecule has 2 aromatic carbocycles. The van der Waals surface area contributed by atoms with E-state index in [-0.39, 0.29) is 12.1 Å². The van der Waals surface area contributed by atoms with E-state index in [1.54, 1.807) is 7.11 Å². The highest BCUT2D eigenvalue weighted by Crippen LogP contribution is 2.24. The highest BCUT2D eigenvalue weighted by molar-refractivity contribution is 5.77. The van der Waals surface area contributed by atoms with Gasteiger partial charge in [-0.3, -0.25) is 0 Å². The molecule has 0 radical (unpaired) electrons. The van der Waals surface area contributed by atoms with Crippen molar-refractivity contribution in [1.82, 2.24) is 20.2 Å². The lowest BCUT2D eigenvalue weighted by Crippen LogP contribution is -2.40. The van der Waals surface area contributed by atoms with Crippen molar-refractivity contribution in [2.24, 2.45) is 7.05 Å². The zero-order chi connectivity index (χ0) is 17.6. The number of benzene rings is 2. The smallest absolute Gasteiger partial charge is 0.315 e. The second kappa shape index (κ2) is 7.81. The molecule has 3 aromatic rings. The van der Waals surface area contributed by atoms with Gasteiger partial charge in [-0.1, -0.05) is 42.5 Å². The van der Waals surface area contributed by atoms with Crippen LogP contribution in [0.3, 0.4) is 0 Å². The normalized spacial score (nSPS) is 12.1. The van der Waals surface area contributed by atoms with Gasteiger partial charge < -0.3 is 19.9 Å². The number of amides is 2. The Kier molecular flexibility index (Phi) is 5.30. The maximum absolute atomic E-state index is 12.3. The Morgan fingerprint density at radius 2 is 1.88 bits per heavy atom. The molecular weight excluding hydrogens is 316 g/mol. The van der Waals surface area contributed by atoms with E-state index in [4.69, 9.17) is 9.72 Å². The summed E-state index contributed by atoms with van der Waals surface area (Å²) >= 11 is 0. The van der Waals surface area contributed by atoms with Gasteiger partial charge in [0.2, 0.25) is 0 Å². The number of imidazole rings is 1. The van der Waals surface area contributed by atoms with Gasteiger partial charge in [-0.2, -0.15) is 0 Å². The van der Waals surface area contributed by atoms with E-state index in [1.165, 1.54) is 0 Å². The van der Waals surface area contributed by atoms with Crippen molar-refractivity contribution in [3.8, 4) is 0 Å². The molecule has 2 N–H and O–H groups in total. The van der Waals surface area contributed by atoms with Crippen LogP contribution >= 0.6 is 0 Å². The number of hydrogen-bond donors (Lipinski definition) is 2. The number of nitrogens with zero attached hydrogens (tertiary/aromatic N) is 2. The van der Waals surface area contributed by atoms with E-state index in [0.717, 1.165) is 22.4 Å². The first kappa shape index (κ1) is 17.0. The van der Waals surface area contributed by atoms with Crippen molar-refractivity contribution < 1.29 is 9.53 Å². The second-order valence-corrected chi connectivity index (χ2v) is 5.75. The van der Waals surface area contributed by atoms with E-state index in [1.807, 2.05) is 66.2 Å². The van der Waals surface area contributed by atoms with Gasteiger partial charge in [-0.15, -0.1) is 0 Å². The monoisotopic (exact) mass is 338 g/mol. The van der Waals surface area contributed by atoms with Gasteiger partial charge in [0.15, 0.2) is 0 Å². The average molecular weight is 338 g/mol. The summed E-state index contributed by atoms with van der Waals surface area (Å²) in [6, 6.07) is 17.2. The summed E-state index contributed by atoms with van der Waals surface area (Å²) in [5, 5.41) is 5.82. The van der Waals surface area contributed by atoms with Crippen molar-refractivity contribution in [2.45, 2.75) is 6.04 Å². The van der Waals surface area contributed by atoms with Crippen LogP contribution in [0.4, 0.5) is 4.79 Å². The van der Waals surface area contributed by atoms with Crippen LogP contribution < -0.4 is 10.6 Å². The van der Waals surface area contributed by atoms with Gasteiger partial charge in [0.25, 0.3) is 0 Å². The van der Waals surface area contributed by atoms with Crippen LogP contribution in [-0.2, 0) is 11.8 Å². The first-order valence-electron chi connectivity index (χ1n) is 8.20. The molecule has 3 rings (SSSR count). The molecular formula is C19H22N4O2. The van der Waals surface area contributed by atoms with E-state index in [9.17, 15) is 4.79 Å². The van der Waals surface area contributed by atoms with Crippen molar-refractivity contribution in [3.05, 3.63) is 66.0 Å². The average Bonchev–Trinajstić information content (AvgIpc) is 2.97. The molecule has 130 valence electrons. The summed E-state index contributed by atoms with van der Waals surface area (Å²) in [6.45, 7) is 0.919. The molecule has 0 aliphatic rings. The number of nitrogens with one attached hydrogen (secondary N) is 2. The summed E-state index contributed by atoms with van der Waals surface area (Å²) < 4.78 is 6.98. The van der Waals surface area contributed by atoms with E-state index >= 15 is 0 Å². The molecule has 2 amide bonds. The summed E-state index contributed by atoms with van der Waals surface area (Å²) in [4.78, 5) is 17.0. The Labute approximate surface area is 146 Å². The maximum atomic E-state index is 12.3. The number of aromatic nitrogens is 2. The van der Waals surface area contributed by atoms with Crippen LogP contribution in [0.2, 0.25) is 0 Å². The fraction of sp³-hybridized carbons (Fsp3) is 0.263. The standard InChI is InChI=1S/C19H22N4O2/c1-23-16-11-7-6-10-15(16)21-18(23)17(14-8-4-3-5-9-14)22-19(24)20-12-13-25-2/h3-11,17H,12-13H2,1-2H3,(H2,20,22,24). The van der Waals surface area contributed by atoms with Gasteiger partial charge in [-0.25, -0.2) is 9.78 Å². The third-order valence-electron chi connectivity index (χ3n) is 4.08. The minimum absolute atomic E-state index is 0.252. The van der Waals surface area contributed by atoms with Crippen molar-refractivity contribution in [2.75, 3.05) is 20.3 Å². The minimum Gasteiger partial charge on any atom is -0.383 e. The summed E-state index contributed by atoms with van der Waals surface area (Å²) in [5.74, 6) is 0.786. The Hall–Kier alpha value is -2.86. The first-order valence-corrected chi connectivity index (χ1v) is 8.20. The van der Waals surface area contributed by atoms with Gasteiger partial charge in [0.1, 0.15) is 11.9 Å². The summed E-state index contributed by atoms with van der Waals surface area (Å²) in [7, 11) is 3.57. The number of para-hydroxylation sites is 2. The predicted molar refractivity (Wildman–Crippen MR) is 97.4 cm³/mol. The molecule has 1 heterocycles. The van der Waals surface area contributed by atoms with Crippen molar-refractivity contribution in [3.63, 3.8) is 0 Å². The molecule has 1 atom stereocenters. The molecule has 0 spiro atoms. The number of ether oxygens (including phenoxy) is 1. The Morgan fingerprint density at radius 1 is 1.16 bits per heavy atom. The largest absolute Gasteiger partial charge is 0.383 e. The van der Waals surface area contributed by atoms with Crippen LogP contribution in [0.5, 0.6) is 0 Å². The number of urea groups is 1. The Balaban J connectivity index is 1.93. The van der Waals surface area contributed by atoms with Crippen LogP contribution in [0.15, 0.2) is 54.6 Å². The molecule has 0 saturated heterocycles. The SMILES string of the molecule is COCCNC(=O)NC(c1ccccc1)c1nc2ccccc2n1C. The van der Waals surface area contributed by atoms with Gasteiger partial charge in [0.05, 0.1) is 17.6 Å². The fourth-order valence-corrected chi connectivity index (χ4v) is 2.81. The Bertz CT molecular complexity index is 845. The molecule has 6 nitrogen and oxygen atoms in total. The molecule has 1 aromatic heterocycles. The number of carbonyl (C=O) groups is 1. The second-order valence-electron chi connectivity index (χ2n) is 5.75. The van der Waals surface area contributed by atoms with E-state index in [2.05, 4.69) is 10.6 Å². The lowest BCUT2D eigenvalue weighted by molar-refractivity contribution is 0.195. The topological polar surface area (TPSA) is 68.2 Å². The lowest BCUT2D eigenvalue weighted by Gasteiger charge is -2.19.